The van der Waals surface area contributed by atoms with Crippen molar-refractivity contribution in [3.63, 3.8) is 0 Å². The predicted molar refractivity (Wildman–Crippen MR) is 103 cm³/mol. The molecule has 2 atom stereocenters. The van der Waals surface area contributed by atoms with Crippen molar-refractivity contribution in [2.45, 2.75) is 57.9 Å². The average molecular weight is 382 g/mol. The van der Waals surface area contributed by atoms with E-state index in [2.05, 4.69) is 11.6 Å². The van der Waals surface area contributed by atoms with Crippen molar-refractivity contribution in [2.75, 3.05) is 19.6 Å². The standard InChI is InChI=1S/C19H31N3O3S/c1-13-6-8-22(17(11-13)12-20)18(23)5-7-21-26(24,25)19-15(3)9-14(2)10-16(19)4/h9-10,13,17,21H,5-8,11-12,20H2,1-4H3. The third kappa shape index (κ3) is 4.84. The number of nitrogens with one attached hydrogen (secondary N) is 1. The molecule has 146 valence electrons. The fraction of sp³-hybridized carbons (Fsp3) is 0.632. The lowest BCUT2D eigenvalue weighted by Gasteiger charge is -2.38. The summed E-state index contributed by atoms with van der Waals surface area (Å²) in [5.74, 6) is 0.533. The van der Waals surface area contributed by atoms with Crippen LogP contribution < -0.4 is 10.5 Å². The highest BCUT2D eigenvalue weighted by molar-refractivity contribution is 7.89. The Balaban J connectivity index is 1.99. The van der Waals surface area contributed by atoms with Crippen molar-refractivity contribution >= 4 is 15.9 Å². The number of piperidine rings is 1. The zero-order chi connectivity index (χ0) is 19.5. The van der Waals surface area contributed by atoms with Gasteiger partial charge >= 0.3 is 0 Å². The van der Waals surface area contributed by atoms with Gasteiger partial charge in [0.25, 0.3) is 0 Å². The molecule has 1 aromatic rings. The first-order chi connectivity index (χ1) is 12.2. The minimum absolute atomic E-state index is 0.0348. The summed E-state index contributed by atoms with van der Waals surface area (Å²) in [5.41, 5.74) is 8.27. The van der Waals surface area contributed by atoms with E-state index in [1.54, 1.807) is 13.8 Å². The van der Waals surface area contributed by atoms with Crippen molar-refractivity contribution in [3.05, 3.63) is 28.8 Å². The molecular formula is C19H31N3O3S. The third-order valence-electron chi connectivity index (χ3n) is 5.07. The first kappa shape index (κ1) is 20.9. The van der Waals surface area contributed by atoms with Crippen molar-refractivity contribution < 1.29 is 13.2 Å². The Labute approximate surface area is 157 Å². The first-order valence-electron chi connectivity index (χ1n) is 9.22. The molecule has 1 aromatic carbocycles. The lowest BCUT2D eigenvalue weighted by atomic mass is 9.92. The monoisotopic (exact) mass is 381 g/mol. The van der Waals surface area contributed by atoms with E-state index in [1.807, 2.05) is 24.0 Å². The normalized spacial score (nSPS) is 21.0. The van der Waals surface area contributed by atoms with Crippen LogP contribution in [0.2, 0.25) is 0 Å². The molecule has 1 aliphatic rings. The van der Waals surface area contributed by atoms with Gasteiger partial charge in [0.15, 0.2) is 0 Å². The second-order valence-electron chi connectivity index (χ2n) is 7.48. The number of benzene rings is 1. The van der Waals surface area contributed by atoms with Gasteiger partial charge in [-0.1, -0.05) is 24.6 Å². The summed E-state index contributed by atoms with van der Waals surface area (Å²) in [6.07, 6.45) is 2.03. The SMILES string of the molecule is Cc1cc(C)c(S(=O)(=O)NCCC(=O)N2CCC(C)CC2CN)c(C)c1. The molecule has 0 saturated carbocycles. The van der Waals surface area contributed by atoms with Gasteiger partial charge in [-0.25, -0.2) is 13.1 Å². The number of amides is 1. The molecule has 1 aliphatic heterocycles. The summed E-state index contributed by atoms with van der Waals surface area (Å²) in [5, 5.41) is 0. The van der Waals surface area contributed by atoms with E-state index in [4.69, 9.17) is 5.73 Å². The summed E-state index contributed by atoms with van der Waals surface area (Å²) >= 11 is 0. The molecule has 2 unspecified atom stereocenters. The van der Waals surface area contributed by atoms with E-state index >= 15 is 0 Å². The largest absolute Gasteiger partial charge is 0.338 e. The Morgan fingerprint density at radius 2 is 1.88 bits per heavy atom. The molecule has 26 heavy (non-hydrogen) atoms. The Bertz CT molecular complexity index is 738. The van der Waals surface area contributed by atoms with E-state index in [0.29, 0.717) is 23.9 Å². The zero-order valence-electron chi connectivity index (χ0n) is 16.2. The highest BCUT2D eigenvalue weighted by Crippen LogP contribution is 2.23. The molecule has 0 radical (unpaired) electrons. The Morgan fingerprint density at radius 3 is 2.46 bits per heavy atom. The van der Waals surface area contributed by atoms with E-state index < -0.39 is 10.0 Å². The lowest BCUT2D eigenvalue weighted by Crippen LogP contribution is -2.49. The Kier molecular flexibility index (Phi) is 6.82. The number of sulfonamides is 1. The van der Waals surface area contributed by atoms with Gasteiger partial charge in [0.05, 0.1) is 4.90 Å². The van der Waals surface area contributed by atoms with Crippen molar-refractivity contribution in [3.8, 4) is 0 Å². The number of nitrogens with zero attached hydrogens (tertiary/aromatic N) is 1. The van der Waals surface area contributed by atoms with Gasteiger partial charge < -0.3 is 10.6 Å². The van der Waals surface area contributed by atoms with E-state index in [9.17, 15) is 13.2 Å². The fourth-order valence-electron chi connectivity index (χ4n) is 3.90. The average Bonchev–Trinajstić information content (AvgIpc) is 2.52. The highest BCUT2D eigenvalue weighted by Gasteiger charge is 2.29. The number of nitrogens with two attached hydrogens (primary N) is 1. The van der Waals surface area contributed by atoms with Crippen LogP contribution in [0.4, 0.5) is 0 Å². The summed E-state index contributed by atoms with van der Waals surface area (Å²) in [4.78, 5) is 14.6. The van der Waals surface area contributed by atoms with Gasteiger partial charge in [-0.3, -0.25) is 4.79 Å². The molecule has 0 aliphatic carbocycles. The molecule has 1 amide bonds. The van der Waals surface area contributed by atoms with Crippen LogP contribution in [-0.2, 0) is 14.8 Å². The topological polar surface area (TPSA) is 92.5 Å². The van der Waals surface area contributed by atoms with Crippen LogP contribution in [0.25, 0.3) is 0 Å². The predicted octanol–water partition coefficient (Wildman–Crippen LogP) is 1.87. The molecule has 0 bridgehead atoms. The van der Waals surface area contributed by atoms with Crippen LogP contribution in [0.15, 0.2) is 17.0 Å². The third-order valence-corrected chi connectivity index (χ3v) is 6.84. The maximum atomic E-state index is 12.7. The van der Waals surface area contributed by atoms with Gasteiger partial charge in [0.1, 0.15) is 0 Å². The van der Waals surface area contributed by atoms with Crippen LogP contribution in [0.3, 0.4) is 0 Å². The number of hydrogen-bond donors (Lipinski definition) is 2. The zero-order valence-corrected chi connectivity index (χ0v) is 17.0. The molecular weight excluding hydrogens is 350 g/mol. The minimum atomic E-state index is -3.64. The van der Waals surface area contributed by atoms with Gasteiger partial charge in [0, 0.05) is 32.1 Å². The number of rotatable bonds is 6. The van der Waals surface area contributed by atoms with Crippen molar-refractivity contribution in [1.29, 1.82) is 0 Å². The van der Waals surface area contributed by atoms with Crippen LogP contribution in [0.1, 0.15) is 42.9 Å². The molecule has 0 spiro atoms. The second kappa shape index (κ2) is 8.50. The highest BCUT2D eigenvalue weighted by atomic mass is 32.2. The van der Waals surface area contributed by atoms with Crippen LogP contribution in [0, 0.1) is 26.7 Å². The van der Waals surface area contributed by atoms with Gasteiger partial charge in [-0.05, 0) is 50.7 Å². The lowest BCUT2D eigenvalue weighted by molar-refractivity contribution is -0.135. The molecule has 3 N–H and O–H groups in total. The molecule has 7 heteroatoms. The molecule has 1 heterocycles. The molecule has 2 rings (SSSR count). The first-order valence-corrected chi connectivity index (χ1v) is 10.7. The summed E-state index contributed by atoms with van der Waals surface area (Å²) in [6.45, 7) is 8.94. The van der Waals surface area contributed by atoms with E-state index in [-0.39, 0.29) is 24.9 Å². The van der Waals surface area contributed by atoms with Gasteiger partial charge in [-0.2, -0.15) is 0 Å². The smallest absolute Gasteiger partial charge is 0.241 e. The second-order valence-corrected chi connectivity index (χ2v) is 9.19. The van der Waals surface area contributed by atoms with Crippen LogP contribution >= 0.6 is 0 Å². The van der Waals surface area contributed by atoms with Gasteiger partial charge in [-0.15, -0.1) is 0 Å². The number of carbonyl (C=O) groups excluding carboxylic acids is 1. The molecule has 1 saturated heterocycles. The number of hydrogen-bond acceptors (Lipinski definition) is 4. The maximum absolute atomic E-state index is 12.7. The summed E-state index contributed by atoms with van der Waals surface area (Å²) in [6, 6.07) is 3.77. The quantitative estimate of drug-likeness (QED) is 0.787. The Hall–Kier alpha value is -1.44. The molecule has 0 aromatic heterocycles. The van der Waals surface area contributed by atoms with Crippen LogP contribution in [-0.4, -0.2) is 44.9 Å². The Morgan fingerprint density at radius 1 is 1.27 bits per heavy atom. The van der Waals surface area contributed by atoms with Gasteiger partial charge in [0.2, 0.25) is 15.9 Å². The van der Waals surface area contributed by atoms with Crippen molar-refractivity contribution in [2.24, 2.45) is 11.7 Å². The number of aryl methyl sites for hydroxylation is 3. The molecule has 6 nitrogen and oxygen atoms in total. The number of carbonyl (C=O) groups is 1. The molecule has 1 fully saturated rings. The maximum Gasteiger partial charge on any atom is 0.241 e. The van der Waals surface area contributed by atoms with E-state index in [1.165, 1.54) is 0 Å². The number of likely N-dealkylation sites (tertiary alicyclic amines) is 1. The van der Waals surface area contributed by atoms with Crippen LogP contribution in [0.5, 0.6) is 0 Å². The summed E-state index contributed by atoms with van der Waals surface area (Å²) in [7, 11) is -3.64. The summed E-state index contributed by atoms with van der Waals surface area (Å²) < 4.78 is 27.9. The van der Waals surface area contributed by atoms with Crippen molar-refractivity contribution in [1.82, 2.24) is 9.62 Å². The van der Waals surface area contributed by atoms with E-state index in [0.717, 1.165) is 29.5 Å². The fourth-order valence-corrected chi connectivity index (χ4v) is 5.38. The minimum Gasteiger partial charge on any atom is -0.338 e.